The fourth-order valence-corrected chi connectivity index (χ4v) is 4.31. The zero-order valence-corrected chi connectivity index (χ0v) is 19.9. The lowest BCUT2D eigenvalue weighted by Crippen LogP contribution is -2.41. The van der Waals surface area contributed by atoms with E-state index in [-0.39, 0.29) is 17.9 Å². The molecule has 3 rings (SSSR count). The van der Waals surface area contributed by atoms with E-state index in [4.69, 9.17) is 28.4 Å². The summed E-state index contributed by atoms with van der Waals surface area (Å²) in [4.78, 5) is 0. The first-order valence-corrected chi connectivity index (χ1v) is 10.7. The normalized spacial score (nSPS) is 22.7. The third-order valence-electron chi connectivity index (χ3n) is 6.17. The van der Waals surface area contributed by atoms with E-state index in [2.05, 4.69) is 6.92 Å². The van der Waals surface area contributed by atoms with Crippen molar-refractivity contribution in [1.82, 2.24) is 0 Å². The van der Waals surface area contributed by atoms with Crippen molar-refractivity contribution >= 4 is 0 Å². The van der Waals surface area contributed by atoms with E-state index in [1.165, 1.54) is 0 Å². The maximum absolute atomic E-state index is 11.4. The lowest BCUT2D eigenvalue weighted by atomic mass is 9.85. The van der Waals surface area contributed by atoms with Crippen molar-refractivity contribution in [3.8, 4) is 23.0 Å². The van der Waals surface area contributed by atoms with E-state index in [1.807, 2.05) is 44.2 Å². The number of hydrogen-bond donors (Lipinski definition) is 1. The molecule has 0 aromatic heterocycles. The Morgan fingerprint density at radius 3 is 2.19 bits per heavy atom. The van der Waals surface area contributed by atoms with Crippen LogP contribution in [-0.2, 0) is 9.47 Å². The Labute approximate surface area is 190 Å². The summed E-state index contributed by atoms with van der Waals surface area (Å²) in [5, 5.41) is 11.4. The minimum absolute atomic E-state index is 0.0920. The molecule has 1 aliphatic heterocycles. The Morgan fingerprint density at radius 2 is 1.62 bits per heavy atom. The highest BCUT2D eigenvalue weighted by molar-refractivity contribution is 5.58. The number of aliphatic hydroxyl groups is 1. The van der Waals surface area contributed by atoms with Crippen LogP contribution in [0.4, 0.5) is 0 Å². The van der Waals surface area contributed by atoms with Gasteiger partial charge in [-0.3, -0.25) is 0 Å². The minimum atomic E-state index is -0.865. The number of methoxy groups -OCH3 is 4. The Bertz CT molecular complexity index is 896. The zero-order valence-electron chi connectivity index (χ0n) is 19.9. The fraction of sp³-hybridized carbons (Fsp3) is 0.520. The van der Waals surface area contributed by atoms with E-state index in [9.17, 15) is 5.11 Å². The lowest BCUT2D eigenvalue weighted by molar-refractivity contribution is -0.256. The second-order valence-corrected chi connectivity index (χ2v) is 8.18. The highest BCUT2D eigenvalue weighted by Gasteiger charge is 2.38. The van der Waals surface area contributed by atoms with Crippen molar-refractivity contribution in [3.63, 3.8) is 0 Å². The molecule has 0 amide bonds. The molecule has 0 unspecified atom stereocenters. The summed E-state index contributed by atoms with van der Waals surface area (Å²) in [5.41, 5.74) is 2.31. The van der Waals surface area contributed by atoms with Crippen LogP contribution in [0.3, 0.4) is 0 Å². The standard InChI is InChI=1S/C25H34O7/c1-14-13-31-25(17-8-10-18(27-4)11-9-17)32-22(14)16(3)21(26)19-12-20(28-5)15(2)23(29-6)24(19)30-7/h8-12,14,16,21-22,25-26H,13H2,1-7H3/t14-,16-,21+,22-,25-/m0/s1. The summed E-state index contributed by atoms with van der Waals surface area (Å²) in [5.74, 6) is 2.28. The van der Waals surface area contributed by atoms with Crippen molar-refractivity contribution in [1.29, 1.82) is 0 Å². The summed E-state index contributed by atoms with van der Waals surface area (Å²) in [6, 6.07) is 9.42. The van der Waals surface area contributed by atoms with E-state index in [0.717, 1.165) is 16.9 Å². The van der Waals surface area contributed by atoms with E-state index >= 15 is 0 Å². The van der Waals surface area contributed by atoms with Crippen LogP contribution in [0.15, 0.2) is 30.3 Å². The summed E-state index contributed by atoms with van der Waals surface area (Å²) in [7, 11) is 6.37. The van der Waals surface area contributed by atoms with Crippen LogP contribution in [0.5, 0.6) is 23.0 Å². The number of rotatable bonds is 8. The van der Waals surface area contributed by atoms with Gasteiger partial charge in [-0.2, -0.15) is 0 Å². The predicted molar refractivity (Wildman–Crippen MR) is 121 cm³/mol. The maximum Gasteiger partial charge on any atom is 0.184 e. The number of aliphatic hydroxyl groups excluding tert-OH is 1. The molecule has 0 aliphatic carbocycles. The first-order chi connectivity index (χ1) is 15.4. The summed E-state index contributed by atoms with van der Waals surface area (Å²) < 4.78 is 34.2. The average molecular weight is 447 g/mol. The third kappa shape index (κ3) is 4.65. The first-order valence-electron chi connectivity index (χ1n) is 10.7. The zero-order chi connectivity index (χ0) is 23.4. The Kier molecular flexibility index (Phi) is 7.87. The van der Waals surface area contributed by atoms with Crippen LogP contribution >= 0.6 is 0 Å². The number of benzene rings is 2. The summed E-state index contributed by atoms with van der Waals surface area (Å²) in [6.45, 7) is 6.45. The molecule has 0 bridgehead atoms. The van der Waals surface area contributed by atoms with E-state index < -0.39 is 12.4 Å². The molecule has 1 N–H and O–H groups in total. The number of ether oxygens (including phenoxy) is 6. The van der Waals surface area contributed by atoms with Gasteiger partial charge in [0.25, 0.3) is 0 Å². The monoisotopic (exact) mass is 446 g/mol. The highest BCUT2D eigenvalue weighted by atomic mass is 16.7. The van der Waals surface area contributed by atoms with E-state index in [0.29, 0.717) is 29.4 Å². The molecule has 1 heterocycles. The van der Waals surface area contributed by atoms with Gasteiger partial charge < -0.3 is 33.5 Å². The molecular weight excluding hydrogens is 412 g/mol. The fourth-order valence-electron chi connectivity index (χ4n) is 4.31. The van der Waals surface area contributed by atoms with Crippen molar-refractivity contribution in [2.45, 2.75) is 39.3 Å². The van der Waals surface area contributed by atoms with E-state index in [1.54, 1.807) is 28.4 Å². The van der Waals surface area contributed by atoms with Crippen LogP contribution in [0, 0.1) is 18.8 Å². The Balaban J connectivity index is 1.88. The minimum Gasteiger partial charge on any atom is -0.497 e. The molecule has 176 valence electrons. The van der Waals surface area contributed by atoms with Gasteiger partial charge in [0.15, 0.2) is 17.8 Å². The Hall–Kier alpha value is -2.48. The van der Waals surface area contributed by atoms with Gasteiger partial charge in [0.2, 0.25) is 0 Å². The lowest BCUT2D eigenvalue weighted by Gasteiger charge is -2.40. The van der Waals surface area contributed by atoms with Gasteiger partial charge in [-0.1, -0.05) is 26.0 Å². The van der Waals surface area contributed by atoms with Crippen molar-refractivity contribution < 1.29 is 33.5 Å². The molecule has 0 saturated carbocycles. The summed E-state index contributed by atoms with van der Waals surface area (Å²) in [6.07, 6.45) is -1.62. The average Bonchev–Trinajstić information content (AvgIpc) is 2.83. The Morgan fingerprint density at radius 1 is 0.969 bits per heavy atom. The molecule has 1 fully saturated rings. The van der Waals surface area contributed by atoms with Crippen LogP contribution in [0.1, 0.15) is 42.9 Å². The smallest absolute Gasteiger partial charge is 0.184 e. The maximum atomic E-state index is 11.4. The van der Waals surface area contributed by atoms with Gasteiger partial charge in [-0.15, -0.1) is 0 Å². The molecule has 0 spiro atoms. The molecule has 2 aromatic carbocycles. The van der Waals surface area contributed by atoms with Gasteiger partial charge >= 0.3 is 0 Å². The van der Waals surface area contributed by atoms with Crippen molar-refractivity contribution in [3.05, 3.63) is 47.0 Å². The first kappa shape index (κ1) is 24.2. The number of hydrogen-bond acceptors (Lipinski definition) is 7. The molecule has 2 aromatic rings. The van der Waals surface area contributed by atoms with Crippen LogP contribution in [-0.4, -0.2) is 46.3 Å². The topological polar surface area (TPSA) is 75.6 Å². The molecule has 1 saturated heterocycles. The van der Waals surface area contributed by atoms with Crippen LogP contribution in [0.25, 0.3) is 0 Å². The van der Waals surface area contributed by atoms with Crippen molar-refractivity contribution in [2.75, 3.05) is 35.0 Å². The molecule has 1 aliphatic rings. The van der Waals surface area contributed by atoms with Gasteiger partial charge in [-0.25, -0.2) is 0 Å². The second kappa shape index (κ2) is 10.4. The SMILES string of the molecule is COc1ccc([C@H]2OC[C@H](C)[C@@H]([C@@H](C)[C@@H](O)c3cc(OC)c(C)c(OC)c3OC)O2)cc1. The second-order valence-electron chi connectivity index (χ2n) is 8.18. The molecule has 32 heavy (non-hydrogen) atoms. The van der Waals surface area contributed by atoms with Gasteiger partial charge in [0, 0.05) is 28.5 Å². The van der Waals surface area contributed by atoms with Crippen LogP contribution < -0.4 is 18.9 Å². The molecule has 0 radical (unpaired) electrons. The predicted octanol–water partition coefficient (Wildman–Crippen LogP) is 4.45. The third-order valence-corrected chi connectivity index (χ3v) is 6.17. The van der Waals surface area contributed by atoms with Gasteiger partial charge in [0.05, 0.1) is 47.3 Å². The largest absolute Gasteiger partial charge is 0.497 e. The molecule has 7 nitrogen and oxygen atoms in total. The summed E-state index contributed by atoms with van der Waals surface area (Å²) >= 11 is 0. The quantitative estimate of drug-likeness (QED) is 0.642. The van der Waals surface area contributed by atoms with Crippen LogP contribution in [0.2, 0.25) is 0 Å². The molecule has 7 heteroatoms. The molecule has 5 atom stereocenters. The highest BCUT2D eigenvalue weighted by Crippen LogP contribution is 2.46. The van der Waals surface area contributed by atoms with Gasteiger partial charge in [-0.05, 0) is 25.1 Å². The molecular formula is C25H34O7. The van der Waals surface area contributed by atoms with Gasteiger partial charge in [0.1, 0.15) is 11.5 Å². The van der Waals surface area contributed by atoms with Crippen molar-refractivity contribution in [2.24, 2.45) is 11.8 Å².